The zero-order chi connectivity index (χ0) is 20.9. The van der Waals surface area contributed by atoms with Gasteiger partial charge in [-0.2, -0.15) is 0 Å². The van der Waals surface area contributed by atoms with E-state index in [9.17, 15) is 0 Å². The van der Waals surface area contributed by atoms with E-state index in [2.05, 4.69) is 27.7 Å². The van der Waals surface area contributed by atoms with Crippen molar-refractivity contribution in [2.45, 2.75) is 23.9 Å². The summed E-state index contributed by atoms with van der Waals surface area (Å²) in [5.41, 5.74) is 2.18. The molecular formula is C22H22N4O2S2. The molecule has 8 heteroatoms. The minimum atomic E-state index is -0.228. The Morgan fingerprint density at radius 1 is 1.03 bits per heavy atom. The summed E-state index contributed by atoms with van der Waals surface area (Å²) in [6.07, 6.45) is -0.228. The number of methoxy groups -OCH3 is 1. The van der Waals surface area contributed by atoms with Crippen molar-refractivity contribution in [3.63, 3.8) is 0 Å². The van der Waals surface area contributed by atoms with E-state index in [1.165, 1.54) is 0 Å². The Bertz CT molecular complexity index is 1090. The van der Waals surface area contributed by atoms with Gasteiger partial charge in [-0.15, -0.1) is 21.5 Å². The molecular weight excluding hydrogens is 416 g/mol. The molecule has 6 nitrogen and oxygen atoms in total. The van der Waals surface area contributed by atoms with Crippen LogP contribution < -0.4 is 9.47 Å². The van der Waals surface area contributed by atoms with E-state index in [0.29, 0.717) is 0 Å². The number of ether oxygens (including phenoxy) is 2. The second-order valence-electron chi connectivity index (χ2n) is 6.63. The Hall–Kier alpha value is -2.84. The van der Waals surface area contributed by atoms with Crippen molar-refractivity contribution in [1.82, 2.24) is 19.7 Å². The number of nitrogens with zero attached hydrogens (tertiary/aromatic N) is 4. The summed E-state index contributed by atoms with van der Waals surface area (Å²) in [6, 6.07) is 17.7. The van der Waals surface area contributed by atoms with E-state index >= 15 is 0 Å². The van der Waals surface area contributed by atoms with Crippen LogP contribution >= 0.6 is 23.1 Å². The first kappa shape index (κ1) is 20.4. The van der Waals surface area contributed by atoms with E-state index < -0.39 is 0 Å². The number of aromatic nitrogens is 4. The van der Waals surface area contributed by atoms with Gasteiger partial charge in [-0.25, -0.2) is 4.98 Å². The van der Waals surface area contributed by atoms with Gasteiger partial charge in [0.1, 0.15) is 16.5 Å². The van der Waals surface area contributed by atoms with Crippen LogP contribution in [0.5, 0.6) is 11.5 Å². The monoisotopic (exact) mass is 438 g/mol. The van der Waals surface area contributed by atoms with Crippen LogP contribution in [0.1, 0.15) is 24.5 Å². The molecule has 0 bridgehead atoms. The SMILES string of the molecule is COc1ccc(OC(C)c2nnc(SCc3csc(-c4ccccc4)n3)n2C)cc1. The first-order valence-corrected chi connectivity index (χ1v) is 11.3. The van der Waals surface area contributed by atoms with Crippen LogP contribution in [0.4, 0.5) is 0 Å². The molecule has 0 aliphatic rings. The van der Waals surface area contributed by atoms with E-state index in [1.807, 2.05) is 61.0 Å². The minimum Gasteiger partial charge on any atom is -0.497 e. The lowest BCUT2D eigenvalue weighted by Gasteiger charge is -2.14. The summed E-state index contributed by atoms with van der Waals surface area (Å²) < 4.78 is 13.2. The summed E-state index contributed by atoms with van der Waals surface area (Å²) in [5.74, 6) is 3.07. The number of hydrogen-bond acceptors (Lipinski definition) is 7. The predicted molar refractivity (Wildman–Crippen MR) is 120 cm³/mol. The van der Waals surface area contributed by atoms with Crippen molar-refractivity contribution >= 4 is 23.1 Å². The molecule has 4 rings (SSSR count). The first-order valence-electron chi connectivity index (χ1n) is 9.46. The Morgan fingerprint density at radius 2 is 1.77 bits per heavy atom. The van der Waals surface area contributed by atoms with Gasteiger partial charge < -0.3 is 14.0 Å². The molecule has 0 N–H and O–H groups in total. The highest BCUT2D eigenvalue weighted by Crippen LogP contribution is 2.29. The number of rotatable bonds is 8. The molecule has 4 aromatic rings. The molecule has 30 heavy (non-hydrogen) atoms. The highest BCUT2D eigenvalue weighted by atomic mass is 32.2. The molecule has 0 fully saturated rings. The van der Waals surface area contributed by atoms with Crippen molar-refractivity contribution < 1.29 is 9.47 Å². The normalized spacial score (nSPS) is 12.0. The van der Waals surface area contributed by atoms with Crippen LogP contribution in [0, 0.1) is 0 Å². The molecule has 0 radical (unpaired) electrons. The highest BCUT2D eigenvalue weighted by molar-refractivity contribution is 7.98. The fourth-order valence-electron chi connectivity index (χ4n) is 2.94. The molecule has 2 heterocycles. The summed E-state index contributed by atoms with van der Waals surface area (Å²) in [7, 11) is 3.60. The Morgan fingerprint density at radius 3 is 2.50 bits per heavy atom. The van der Waals surface area contributed by atoms with Crippen molar-refractivity contribution in [3.05, 3.63) is 71.5 Å². The highest BCUT2D eigenvalue weighted by Gasteiger charge is 2.18. The third-order valence-corrected chi connectivity index (χ3v) is 6.52. The zero-order valence-electron chi connectivity index (χ0n) is 17.0. The number of hydrogen-bond donors (Lipinski definition) is 0. The molecule has 0 spiro atoms. The molecule has 1 unspecified atom stereocenters. The van der Waals surface area contributed by atoms with E-state index in [4.69, 9.17) is 14.5 Å². The van der Waals surface area contributed by atoms with Crippen LogP contribution in [0.3, 0.4) is 0 Å². The van der Waals surface area contributed by atoms with Crippen LogP contribution in [-0.2, 0) is 12.8 Å². The molecule has 0 aliphatic heterocycles. The van der Waals surface area contributed by atoms with Crippen molar-refractivity contribution in [2.75, 3.05) is 7.11 Å². The summed E-state index contributed by atoms with van der Waals surface area (Å²) in [5, 5.41) is 12.6. The largest absolute Gasteiger partial charge is 0.497 e. The average Bonchev–Trinajstić information content (AvgIpc) is 3.40. The molecule has 0 saturated heterocycles. The van der Waals surface area contributed by atoms with Gasteiger partial charge in [0.25, 0.3) is 0 Å². The fraction of sp³-hybridized carbons (Fsp3) is 0.227. The van der Waals surface area contributed by atoms with Crippen LogP contribution in [-0.4, -0.2) is 26.9 Å². The van der Waals surface area contributed by atoms with Gasteiger partial charge in [-0.3, -0.25) is 0 Å². The van der Waals surface area contributed by atoms with Gasteiger partial charge in [0.2, 0.25) is 0 Å². The maximum absolute atomic E-state index is 6.01. The van der Waals surface area contributed by atoms with Gasteiger partial charge in [-0.1, -0.05) is 42.1 Å². The number of benzene rings is 2. The molecule has 2 aromatic carbocycles. The number of thioether (sulfide) groups is 1. The maximum Gasteiger partial charge on any atom is 0.191 e. The predicted octanol–water partition coefficient (Wildman–Crippen LogP) is 5.38. The van der Waals surface area contributed by atoms with Crippen LogP contribution in [0.15, 0.2) is 65.1 Å². The fourth-order valence-corrected chi connectivity index (χ4v) is 4.68. The molecule has 2 aromatic heterocycles. The lowest BCUT2D eigenvalue weighted by Crippen LogP contribution is -2.10. The van der Waals surface area contributed by atoms with E-state index in [1.54, 1.807) is 30.2 Å². The van der Waals surface area contributed by atoms with Gasteiger partial charge >= 0.3 is 0 Å². The molecule has 1 atom stereocenters. The second kappa shape index (κ2) is 9.32. The summed E-state index contributed by atoms with van der Waals surface area (Å²) >= 11 is 3.28. The Labute approximate surface area is 183 Å². The van der Waals surface area contributed by atoms with Gasteiger partial charge in [0.05, 0.1) is 12.8 Å². The smallest absolute Gasteiger partial charge is 0.191 e. The summed E-state index contributed by atoms with van der Waals surface area (Å²) in [4.78, 5) is 4.74. The lowest BCUT2D eigenvalue weighted by atomic mass is 10.2. The van der Waals surface area contributed by atoms with Gasteiger partial charge in [0.15, 0.2) is 17.1 Å². The van der Waals surface area contributed by atoms with Gasteiger partial charge in [-0.05, 0) is 31.2 Å². The average molecular weight is 439 g/mol. The van der Waals surface area contributed by atoms with Crippen molar-refractivity contribution in [1.29, 1.82) is 0 Å². The maximum atomic E-state index is 6.01. The molecule has 0 aliphatic carbocycles. The third kappa shape index (κ3) is 4.66. The zero-order valence-corrected chi connectivity index (χ0v) is 18.6. The van der Waals surface area contributed by atoms with Gasteiger partial charge in [0, 0.05) is 23.7 Å². The van der Waals surface area contributed by atoms with E-state index in [0.717, 1.165) is 44.5 Å². The lowest BCUT2D eigenvalue weighted by molar-refractivity contribution is 0.211. The third-order valence-electron chi connectivity index (χ3n) is 4.53. The molecule has 154 valence electrons. The second-order valence-corrected chi connectivity index (χ2v) is 8.43. The Balaban J connectivity index is 1.39. The topological polar surface area (TPSA) is 62.1 Å². The number of thiazole rings is 1. The van der Waals surface area contributed by atoms with Crippen LogP contribution in [0.25, 0.3) is 10.6 Å². The van der Waals surface area contributed by atoms with Crippen molar-refractivity contribution in [2.24, 2.45) is 7.05 Å². The minimum absolute atomic E-state index is 0.228. The quantitative estimate of drug-likeness (QED) is 0.344. The standard InChI is InChI=1S/C22H22N4O2S2/c1-15(28-19-11-9-18(27-3)10-12-19)20-24-25-22(26(20)2)30-14-17-13-29-21(23-17)16-7-5-4-6-8-16/h4-13,15H,14H2,1-3H3. The van der Waals surface area contributed by atoms with Crippen molar-refractivity contribution in [3.8, 4) is 22.1 Å². The Kier molecular flexibility index (Phi) is 6.35. The molecule has 0 saturated carbocycles. The molecule has 0 amide bonds. The first-order chi connectivity index (χ1) is 14.6. The summed E-state index contributed by atoms with van der Waals surface area (Å²) in [6.45, 7) is 1.97. The van der Waals surface area contributed by atoms with E-state index in [-0.39, 0.29) is 6.10 Å². The van der Waals surface area contributed by atoms with Crippen LogP contribution in [0.2, 0.25) is 0 Å².